The molecule has 1 aliphatic rings. The summed E-state index contributed by atoms with van der Waals surface area (Å²) in [5.74, 6) is 0.812. The summed E-state index contributed by atoms with van der Waals surface area (Å²) in [6, 6.07) is 0. The van der Waals surface area contributed by atoms with E-state index >= 15 is 0 Å². The second-order valence-electron chi connectivity index (χ2n) is 5.17. The van der Waals surface area contributed by atoms with Crippen molar-refractivity contribution in [3.8, 4) is 0 Å². The molecule has 0 radical (unpaired) electrons. The number of nitrogens with zero attached hydrogens (tertiary/aromatic N) is 1. The number of hydrogen-bond acceptors (Lipinski definition) is 4. The Labute approximate surface area is 122 Å². The van der Waals surface area contributed by atoms with Crippen LogP contribution < -0.4 is 11.1 Å². The fourth-order valence-corrected chi connectivity index (χ4v) is 3.24. The molecule has 1 aliphatic carbocycles. The zero-order valence-electron chi connectivity index (χ0n) is 12.1. The van der Waals surface area contributed by atoms with E-state index in [0.29, 0.717) is 30.9 Å². The Morgan fingerprint density at radius 3 is 2.45 bits per heavy atom. The number of oxime groups is 1. The summed E-state index contributed by atoms with van der Waals surface area (Å²) >= 11 is 0. The molecule has 1 amide bonds. The van der Waals surface area contributed by atoms with Crippen molar-refractivity contribution in [3.05, 3.63) is 0 Å². The van der Waals surface area contributed by atoms with Crippen LogP contribution in [0.15, 0.2) is 5.16 Å². The van der Waals surface area contributed by atoms with E-state index < -0.39 is 16.2 Å². The van der Waals surface area contributed by atoms with Crippen LogP contribution in [0.2, 0.25) is 0 Å². The molecule has 116 valence electrons. The van der Waals surface area contributed by atoms with Gasteiger partial charge in [-0.2, -0.15) is 0 Å². The lowest BCUT2D eigenvalue weighted by molar-refractivity contribution is -0.128. The van der Waals surface area contributed by atoms with E-state index in [-0.39, 0.29) is 11.7 Å². The normalized spacial score (nSPS) is 20.9. The topological polar surface area (TPSA) is 105 Å². The molecule has 0 aromatic rings. The second-order valence-corrected chi connectivity index (χ2v) is 7.04. The van der Waals surface area contributed by atoms with Gasteiger partial charge in [0, 0.05) is 28.9 Å². The number of hydrogen-bond donors (Lipinski definition) is 3. The van der Waals surface area contributed by atoms with Crippen molar-refractivity contribution in [1.82, 2.24) is 5.32 Å². The van der Waals surface area contributed by atoms with Gasteiger partial charge in [-0.15, -0.1) is 0 Å². The van der Waals surface area contributed by atoms with Crippen molar-refractivity contribution in [3.63, 3.8) is 0 Å². The number of carbonyl (C=O) groups excluding carboxylic acids is 1. The third kappa shape index (κ3) is 4.19. The van der Waals surface area contributed by atoms with Gasteiger partial charge in [0.15, 0.2) is 5.84 Å². The first-order valence-electron chi connectivity index (χ1n) is 7.18. The van der Waals surface area contributed by atoms with E-state index in [1.54, 1.807) is 0 Å². The SMILES string of the molecule is CCS(=O)CCNC(=O)C1(C(N)=NO)CCCCCC1. The lowest BCUT2D eigenvalue weighted by atomic mass is 9.78. The predicted octanol–water partition coefficient (Wildman–Crippen LogP) is 0.958. The summed E-state index contributed by atoms with van der Waals surface area (Å²) in [6.07, 6.45) is 5.12. The first kappa shape index (κ1) is 16.9. The third-order valence-electron chi connectivity index (χ3n) is 3.93. The quantitative estimate of drug-likeness (QED) is 0.223. The average molecular weight is 303 g/mol. The molecule has 0 heterocycles. The molecule has 0 bridgehead atoms. The number of carbonyl (C=O) groups is 1. The molecular weight excluding hydrogens is 278 g/mol. The van der Waals surface area contributed by atoms with E-state index in [9.17, 15) is 9.00 Å². The first-order valence-corrected chi connectivity index (χ1v) is 8.67. The zero-order valence-corrected chi connectivity index (χ0v) is 12.9. The van der Waals surface area contributed by atoms with Gasteiger partial charge in [-0.1, -0.05) is 37.8 Å². The third-order valence-corrected chi connectivity index (χ3v) is 5.23. The minimum Gasteiger partial charge on any atom is -0.409 e. The molecule has 6 nitrogen and oxygen atoms in total. The van der Waals surface area contributed by atoms with Gasteiger partial charge in [-0.3, -0.25) is 9.00 Å². The molecule has 0 spiro atoms. The van der Waals surface area contributed by atoms with Crippen molar-refractivity contribution in [2.45, 2.75) is 45.4 Å². The Balaban J connectivity index is 2.72. The van der Waals surface area contributed by atoms with Gasteiger partial charge in [0.25, 0.3) is 0 Å². The standard InChI is InChI=1S/C13H25N3O3S/c1-2-20(19)10-9-15-12(17)13(11(14)16-18)7-5-3-4-6-8-13/h18H,2-10H2,1H3,(H2,14,16)(H,15,17). The van der Waals surface area contributed by atoms with E-state index in [1.807, 2.05) is 6.92 Å². The maximum atomic E-state index is 12.5. The van der Waals surface area contributed by atoms with Gasteiger partial charge in [-0.25, -0.2) is 0 Å². The molecular formula is C13H25N3O3S. The average Bonchev–Trinajstić information content (AvgIpc) is 2.72. The maximum absolute atomic E-state index is 12.5. The van der Waals surface area contributed by atoms with Crippen LogP contribution in [-0.4, -0.2) is 39.2 Å². The summed E-state index contributed by atoms with van der Waals surface area (Å²) < 4.78 is 11.4. The highest BCUT2D eigenvalue weighted by atomic mass is 32.2. The van der Waals surface area contributed by atoms with Gasteiger partial charge in [0.05, 0.1) is 0 Å². The molecule has 0 aromatic heterocycles. The van der Waals surface area contributed by atoms with Gasteiger partial charge in [0.1, 0.15) is 5.41 Å². The van der Waals surface area contributed by atoms with Gasteiger partial charge in [0.2, 0.25) is 5.91 Å². The molecule has 1 fully saturated rings. The van der Waals surface area contributed by atoms with Crippen molar-refractivity contribution < 1.29 is 14.2 Å². The fraction of sp³-hybridized carbons (Fsp3) is 0.846. The summed E-state index contributed by atoms with van der Waals surface area (Å²) in [5.41, 5.74) is 4.89. The minimum absolute atomic E-state index is 0.00601. The molecule has 1 unspecified atom stereocenters. The molecule has 1 atom stereocenters. The summed E-state index contributed by atoms with van der Waals surface area (Å²) in [5, 5.41) is 14.9. The molecule has 4 N–H and O–H groups in total. The smallest absolute Gasteiger partial charge is 0.233 e. The highest BCUT2D eigenvalue weighted by molar-refractivity contribution is 7.84. The minimum atomic E-state index is -0.904. The lowest BCUT2D eigenvalue weighted by Gasteiger charge is -2.29. The fourth-order valence-electron chi connectivity index (χ4n) is 2.62. The first-order chi connectivity index (χ1) is 9.56. The molecule has 7 heteroatoms. The molecule has 20 heavy (non-hydrogen) atoms. The van der Waals surface area contributed by atoms with E-state index in [0.717, 1.165) is 25.7 Å². The van der Waals surface area contributed by atoms with Gasteiger partial charge >= 0.3 is 0 Å². The Hall–Kier alpha value is -1.11. The number of nitrogens with two attached hydrogens (primary N) is 1. The number of amides is 1. The van der Waals surface area contributed by atoms with Crippen LogP contribution >= 0.6 is 0 Å². The molecule has 1 saturated carbocycles. The summed E-state index contributed by atoms with van der Waals surface area (Å²) in [7, 11) is -0.903. The van der Waals surface area contributed by atoms with Gasteiger partial charge < -0.3 is 16.3 Å². The summed E-state index contributed by atoms with van der Waals surface area (Å²) in [4.78, 5) is 12.5. The maximum Gasteiger partial charge on any atom is 0.233 e. The highest BCUT2D eigenvalue weighted by Crippen LogP contribution is 2.35. The van der Waals surface area contributed by atoms with E-state index in [4.69, 9.17) is 10.9 Å². The van der Waals surface area contributed by atoms with Gasteiger partial charge in [-0.05, 0) is 12.8 Å². The lowest BCUT2D eigenvalue weighted by Crippen LogP contribution is -2.50. The number of amidine groups is 1. The Morgan fingerprint density at radius 2 is 1.95 bits per heavy atom. The van der Waals surface area contributed by atoms with Crippen LogP contribution in [0.3, 0.4) is 0 Å². The Morgan fingerprint density at radius 1 is 1.35 bits per heavy atom. The number of rotatable bonds is 6. The van der Waals surface area contributed by atoms with E-state index in [2.05, 4.69) is 10.5 Å². The second kappa shape index (κ2) is 8.24. The monoisotopic (exact) mass is 303 g/mol. The van der Waals surface area contributed by atoms with Crippen LogP contribution in [0.4, 0.5) is 0 Å². The van der Waals surface area contributed by atoms with Crippen LogP contribution in [-0.2, 0) is 15.6 Å². The van der Waals surface area contributed by atoms with Crippen molar-refractivity contribution in [2.75, 3.05) is 18.1 Å². The Bertz CT molecular complexity index is 377. The molecule has 0 saturated heterocycles. The summed E-state index contributed by atoms with van der Waals surface area (Å²) in [6.45, 7) is 2.21. The molecule has 0 aromatic carbocycles. The number of nitrogens with one attached hydrogen (secondary N) is 1. The van der Waals surface area contributed by atoms with Crippen molar-refractivity contribution >= 4 is 22.5 Å². The molecule has 1 rings (SSSR count). The van der Waals surface area contributed by atoms with Crippen molar-refractivity contribution in [2.24, 2.45) is 16.3 Å². The van der Waals surface area contributed by atoms with Crippen molar-refractivity contribution in [1.29, 1.82) is 0 Å². The largest absolute Gasteiger partial charge is 0.409 e. The molecule has 0 aliphatic heterocycles. The van der Waals surface area contributed by atoms with E-state index in [1.165, 1.54) is 0 Å². The Kier molecular flexibility index (Phi) is 6.98. The zero-order chi connectivity index (χ0) is 15.0. The highest BCUT2D eigenvalue weighted by Gasteiger charge is 2.42. The van der Waals surface area contributed by atoms with Crippen LogP contribution in [0.5, 0.6) is 0 Å². The predicted molar refractivity (Wildman–Crippen MR) is 80.1 cm³/mol. The van der Waals surface area contributed by atoms with Crippen LogP contribution in [0, 0.1) is 5.41 Å². The van der Waals surface area contributed by atoms with Crippen LogP contribution in [0.1, 0.15) is 45.4 Å². The van der Waals surface area contributed by atoms with Crippen LogP contribution in [0.25, 0.3) is 0 Å².